The molecule has 0 radical (unpaired) electrons. The minimum Gasteiger partial charge on any atom is -0.354 e. The molecule has 23 heavy (non-hydrogen) atoms. The number of nitrogens with zero attached hydrogens (tertiary/aromatic N) is 1. The number of aromatic nitrogens is 1. The van der Waals surface area contributed by atoms with E-state index in [0.717, 1.165) is 11.4 Å². The zero-order valence-corrected chi connectivity index (χ0v) is 14.3. The average Bonchev–Trinajstić information content (AvgIpc) is 2.49. The van der Waals surface area contributed by atoms with Gasteiger partial charge in [-0.3, -0.25) is 4.79 Å². The summed E-state index contributed by atoms with van der Waals surface area (Å²) in [7, 11) is 0. The summed E-state index contributed by atoms with van der Waals surface area (Å²) in [5.74, 6) is 1.44. The fraction of sp³-hybridized carbons (Fsp3) is 0.368. The first-order chi connectivity index (χ1) is 10.9. The second kappa shape index (κ2) is 7.77. The minimum absolute atomic E-state index is 0.00233. The number of hydrogen-bond acceptors (Lipinski definition) is 3. The highest BCUT2D eigenvalue weighted by Gasteiger charge is 2.06. The van der Waals surface area contributed by atoms with Crippen LogP contribution in [0, 0.1) is 5.92 Å². The minimum atomic E-state index is -0.00233. The zero-order valence-electron chi connectivity index (χ0n) is 14.3. The SMILES string of the molecule is CC(C)CC(=O)Nc1ccc(Nc2ccc(C(C)C)cc2)cn1. The van der Waals surface area contributed by atoms with Gasteiger partial charge in [0.1, 0.15) is 5.82 Å². The number of nitrogens with one attached hydrogen (secondary N) is 2. The Bertz CT molecular complexity index is 631. The molecule has 0 spiro atoms. The highest BCUT2D eigenvalue weighted by atomic mass is 16.1. The van der Waals surface area contributed by atoms with Crippen LogP contribution in [0.3, 0.4) is 0 Å². The molecular formula is C19H25N3O. The normalized spacial score (nSPS) is 10.9. The molecule has 1 amide bonds. The first-order valence-electron chi connectivity index (χ1n) is 8.07. The highest BCUT2D eigenvalue weighted by Crippen LogP contribution is 2.20. The smallest absolute Gasteiger partial charge is 0.225 e. The Hall–Kier alpha value is -2.36. The van der Waals surface area contributed by atoms with Crippen LogP contribution in [0.4, 0.5) is 17.2 Å². The molecule has 1 aromatic heterocycles. The van der Waals surface area contributed by atoms with Gasteiger partial charge in [-0.25, -0.2) is 4.98 Å². The summed E-state index contributed by atoms with van der Waals surface area (Å²) < 4.78 is 0. The summed E-state index contributed by atoms with van der Waals surface area (Å²) in [5.41, 5.74) is 3.23. The van der Waals surface area contributed by atoms with E-state index in [1.165, 1.54) is 5.56 Å². The van der Waals surface area contributed by atoms with Gasteiger partial charge in [0.15, 0.2) is 0 Å². The van der Waals surface area contributed by atoms with Crippen LogP contribution in [-0.2, 0) is 4.79 Å². The largest absolute Gasteiger partial charge is 0.354 e. The van der Waals surface area contributed by atoms with Crippen LogP contribution >= 0.6 is 0 Å². The van der Waals surface area contributed by atoms with Crippen LogP contribution in [0.1, 0.15) is 45.6 Å². The van der Waals surface area contributed by atoms with E-state index in [-0.39, 0.29) is 5.91 Å². The van der Waals surface area contributed by atoms with E-state index < -0.39 is 0 Å². The van der Waals surface area contributed by atoms with Gasteiger partial charge in [0, 0.05) is 12.1 Å². The average molecular weight is 311 g/mol. The summed E-state index contributed by atoms with van der Waals surface area (Å²) in [6.07, 6.45) is 2.23. The maximum atomic E-state index is 11.7. The first kappa shape index (κ1) is 17.0. The first-order valence-corrected chi connectivity index (χ1v) is 8.07. The van der Waals surface area contributed by atoms with Crippen molar-refractivity contribution in [3.05, 3.63) is 48.2 Å². The number of rotatable bonds is 6. The number of carbonyl (C=O) groups excluding carboxylic acids is 1. The number of carbonyl (C=O) groups is 1. The van der Waals surface area contributed by atoms with Gasteiger partial charge in [0.2, 0.25) is 5.91 Å². The van der Waals surface area contributed by atoms with Crippen molar-refractivity contribution < 1.29 is 4.79 Å². The Balaban J connectivity index is 1.95. The molecule has 0 bridgehead atoms. The number of amides is 1. The van der Waals surface area contributed by atoms with Crippen LogP contribution in [0.25, 0.3) is 0 Å². The van der Waals surface area contributed by atoms with E-state index in [2.05, 4.69) is 53.7 Å². The summed E-state index contributed by atoms with van der Waals surface area (Å²) in [6.45, 7) is 8.40. The number of hydrogen-bond donors (Lipinski definition) is 2. The Morgan fingerprint density at radius 1 is 1.00 bits per heavy atom. The second-order valence-corrected chi connectivity index (χ2v) is 6.48. The predicted molar refractivity (Wildman–Crippen MR) is 96.1 cm³/mol. The number of pyridine rings is 1. The number of anilines is 3. The molecule has 2 aromatic rings. The lowest BCUT2D eigenvalue weighted by Crippen LogP contribution is -2.14. The van der Waals surface area contributed by atoms with Gasteiger partial charge in [0.25, 0.3) is 0 Å². The van der Waals surface area contributed by atoms with Crippen molar-refractivity contribution in [1.82, 2.24) is 4.98 Å². The third-order valence-corrected chi connectivity index (χ3v) is 3.49. The van der Waals surface area contributed by atoms with Crippen LogP contribution in [0.15, 0.2) is 42.6 Å². The molecule has 2 N–H and O–H groups in total. The third kappa shape index (κ3) is 5.40. The van der Waals surface area contributed by atoms with Crippen LogP contribution < -0.4 is 10.6 Å². The lowest BCUT2D eigenvalue weighted by molar-refractivity contribution is -0.116. The number of benzene rings is 1. The van der Waals surface area contributed by atoms with Crippen LogP contribution in [0.5, 0.6) is 0 Å². The molecule has 4 heteroatoms. The van der Waals surface area contributed by atoms with Gasteiger partial charge in [0.05, 0.1) is 11.9 Å². The molecule has 0 aliphatic carbocycles. The van der Waals surface area contributed by atoms with Gasteiger partial charge < -0.3 is 10.6 Å². The van der Waals surface area contributed by atoms with E-state index in [1.807, 2.05) is 26.0 Å². The lowest BCUT2D eigenvalue weighted by atomic mass is 10.0. The molecule has 0 fully saturated rings. The van der Waals surface area contributed by atoms with Crippen LogP contribution in [0.2, 0.25) is 0 Å². The third-order valence-electron chi connectivity index (χ3n) is 3.49. The van der Waals surface area contributed by atoms with Crippen molar-refractivity contribution >= 4 is 23.1 Å². The topological polar surface area (TPSA) is 54.0 Å². The maximum absolute atomic E-state index is 11.7. The maximum Gasteiger partial charge on any atom is 0.225 e. The monoisotopic (exact) mass is 311 g/mol. The fourth-order valence-electron chi connectivity index (χ4n) is 2.22. The molecule has 1 heterocycles. The Morgan fingerprint density at radius 3 is 2.17 bits per heavy atom. The van der Waals surface area contributed by atoms with Crippen molar-refractivity contribution in [2.24, 2.45) is 5.92 Å². The molecule has 0 unspecified atom stereocenters. The van der Waals surface area contributed by atoms with E-state index in [1.54, 1.807) is 6.20 Å². The van der Waals surface area contributed by atoms with Crippen molar-refractivity contribution in [1.29, 1.82) is 0 Å². The molecule has 0 saturated carbocycles. The predicted octanol–water partition coefficient (Wildman–Crippen LogP) is 4.93. The second-order valence-electron chi connectivity index (χ2n) is 6.48. The van der Waals surface area contributed by atoms with E-state index in [9.17, 15) is 4.79 Å². The van der Waals surface area contributed by atoms with E-state index >= 15 is 0 Å². The van der Waals surface area contributed by atoms with Gasteiger partial charge in [-0.15, -0.1) is 0 Å². The highest BCUT2D eigenvalue weighted by molar-refractivity contribution is 5.89. The van der Waals surface area contributed by atoms with E-state index in [0.29, 0.717) is 24.1 Å². The summed E-state index contributed by atoms with van der Waals surface area (Å²) >= 11 is 0. The summed E-state index contributed by atoms with van der Waals surface area (Å²) in [4.78, 5) is 16.0. The molecule has 0 aliphatic heterocycles. The Morgan fingerprint density at radius 2 is 1.65 bits per heavy atom. The molecular weight excluding hydrogens is 286 g/mol. The zero-order chi connectivity index (χ0) is 16.8. The van der Waals surface area contributed by atoms with Crippen molar-refractivity contribution in [2.75, 3.05) is 10.6 Å². The van der Waals surface area contributed by atoms with Gasteiger partial charge in [-0.2, -0.15) is 0 Å². The summed E-state index contributed by atoms with van der Waals surface area (Å²) in [6, 6.07) is 12.1. The Labute approximate surface area is 138 Å². The van der Waals surface area contributed by atoms with Gasteiger partial charge in [-0.05, 0) is 41.7 Å². The quantitative estimate of drug-likeness (QED) is 0.795. The van der Waals surface area contributed by atoms with Crippen molar-refractivity contribution in [2.45, 2.75) is 40.0 Å². The summed E-state index contributed by atoms with van der Waals surface area (Å²) in [5, 5.41) is 6.11. The molecule has 122 valence electrons. The molecule has 2 rings (SSSR count). The molecule has 0 atom stereocenters. The Kier molecular flexibility index (Phi) is 5.74. The van der Waals surface area contributed by atoms with E-state index in [4.69, 9.17) is 0 Å². The van der Waals surface area contributed by atoms with Crippen molar-refractivity contribution in [3.63, 3.8) is 0 Å². The van der Waals surface area contributed by atoms with Gasteiger partial charge >= 0.3 is 0 Å². The molecule has 1 aromatic carbocycles. The lowest BCUT2D eigenvalue weighted by Gasteiger charge is -2.10. The fourth-order valence-corrected chi connectivity index (χ4v) is 2.22. The van der Waals surface area contributed by atoms with Crippen LogP contribution in [-0.4, -0.2) is 10.9 Å². The van der Waals surface area contributed by atoms with Crippen molar-refractivity contribution in [3.8, 4) is 0 Å². The standard InChI is InChI=1S/C19H25N3O/c1-13(2)11-19(23)22-18-10-9-17(12-20-18)21-16-7-5-15(6-8-16)14(3)4/h5-10,12-14,21H,11H2,1-4H3,(H,20,22,23). The molecule has 0 aliphatic rings. The van der Waals surface area contributed by atoms with Gasteiger partial charge in [-0.1, -0.05) is 39.8 Å². The molecule has 4 nitrogen and oxygen atoms in total. The molecule has 0 saturated heterocycles.